The van der Waals surface area contributed by atoms with Crippen molar-refractivity contribution in [3.8, 4) is 5.75 Å². The third-order valence-corrected chi connectivity index (χ3v) is 2.76. The molecule has 0 aliphatic carbocycles. The molecule has 21 heavy (non-hydrogen) atoms. The second-order valence-electron chi connectivity index (χ2n) is 5.10. The maximum absolute atomic E-state index is 11.6. The largest absolute Gasteiger partial charge is 0.497 e. The van der Waals surface area contributed by atoms with E-state index in [0.717, 1.165) is 0 Å². The van der Waals surface area contributed by atoms with Gasteiger partial charge in [0.2, 0.25) is 5.91 Å². The van der Waals surface area contributed by atoms with Gasteiger partial charge >= 0.3 is 12.0 Å². The lowest BCUT2D eigenvalue weighted by molar-refractivity contribution is -0.149. The second-order valence-corrected chi connectivity index (χ2v) is 5.10. The minimum atomic E-state index is -1.24. The Kier molecular flexibility index (Phi) is 5.29. The highest BCUT2D eigenvalue weighted by atomic mass is 16.5. The first kappa shape index (κ1) is 16.5. The molecule has 0 unspecified atom stereocenters. The number of methoxy groups -OCH3 is 1. The van der Waals surface area contributed by atoms with Gasteiger partial charge in [-0.05, 0) is 26.0 Å². The van der Waals surface area contributed by atoms with Crippen LogP contribution in [0.25, 0.3) is 0 Å². The monoisotopic (exact) mass is 294 g/mol. The zero-order valence-corrected chi connectivity index (χ0v) is 12.1. The summed E-state index contributed by atoms with van der Waals surface area (Å²) in [6, 6.07) is 5.89. The standard InChI is InChI=1S/C14H18N2O5/c1-14(2,12(18)19)8-11(17)16-13(20)15-9-5-4-6-10(7-9)21-3/h4-7H,8H2,1-3H3,(H,18,19)(H2,15,16,17,20). The molecule has 0 fully saturated rings. The van der Waals surface area contributed by atoms with E-state index in [1.54, 1.807) is 24.3 Å². The van der Waals surface area contributed by atoms with Crippen LogP contribution >= 0.6 is 0 Å². The molecule has 1 aromatic rings. The summed E-state index contributed by atoms with van der Waals surface area (Å²) in [5.74, 6) is -1.21. The van der Waals surface area contributed by atoms with Crippen LogP contribution in [0.5, 0.6) is 5.75 Å². The number of nitrogens with one attached hydrogen (secondary N) is 2. The van der Waals surface area contributed by atoms with Gasteiger partial charge in [0.25, 0.3) is 0 Å². The molecular formula is C14H18N2O5. The fourth-order valence-electron chi connectivity index (χ4n) is 1.51. The molecule has 1 rings (SSSR count). The quantitative estimate of drug-likeness (QED) is 0.768. The van der Waals surface area contributed by atoms with Crippen LogP contribution in [0.4, 0.5) is 10.5 Å². The van der Waals surface area contributed by atoms with Crippen molar-refractivity contribution in [3.05, 3.63) is 24.3 Å². The van der Waals surface area contributed by atoms with Gasteiger partial charge in [0, 0.05) is 18.2 Å². The number of carbonyl (C=O) groups excluding carboxylic acids is 2. The van der Waals surface area contributed by atoms with Crippen molar-refractivity contribution >= 4 is 23.6 Å². The van der Waals surface area contributed by atoms with Gasteiger partial charge in [-0.15, -0.1) is 0 Å². The first-order valence-corrected chi connectivity index (χ1v) is 6.23. The molecule has 114 valence electrons. The maximum Gasteiger partial charge on any atom is 0.325 e. The SMILES string of the molecule is COc1cccc(NC(=O)NC(=O)CC(C)(C)C(=O)O)c1. The number of anilines is 1. The van der Waals surface area contributed by atoms with E-state index in [9.17, 15) is 14.4 Å². The zero-order chi connectivity index (χ0) is 16.0. The number of ether oxygens (including phenoxy) is 1. The topological polar surface area (TPSA) is 105 Å². The van der Waals surface area contributed by atoms with Gasteiger partial charge < -0.3 is 15.2 Å². The molecule has 7 heteroatoms. The Balaban J connectivity index is 2.57. The van der Waals surface area contributed by atoms with E-state index in [2.05, 4.69) is 10.6 Å². The van der Waals surface area contributed by atoms with Gasteiger partial charge in [-0.25, -0.2) is 4.79 Å². The molecule has 0 aromatic heterocycles. The van der Waals surface area contributed by atoms with Crippen molar-refractivity contribution < 1.29 is 24.2 Å². The normalized spacial score (nSPS) is 10.6. The highest BCUT2D eigenvalue weighted by molar-refractivity contribution is 6.02. The Morgan fingerprint density at radius 3 is 2.52 bits per heavy atom. The van der Waals surface area contributed by atoms with Crippen LogP contribution in [-0.2, 0) is 9.59 Å². The molecule has 0 atom stereocenters. The molecule has 7 nitrogen and oxygen atoms in total. The molecule has 3 amide bonds. The average Bonchev–Trinajstić information content (AvgIpc) is 2.37. The summed E-state index contributed by atoms with van der Waals surface area (Å²) in [4.78, 5) is 34.2. The first-order chi connectivity index (χ1) is 9.74. The van der Waals surface area contributed by atoms with Gasteiger partial charge in [-0.2, -0.15) is 0 Å². The molecule has 0 aliphatic heterocycles. The molecule has 0 heterocycles. The smallest absolute Gasteiger partial charge is 0.325 e. The van der Waals surface area contributed by atoms with Crippen molar-refractivity contribution in [2.24, 2.45) is 5.41 Å². The van der Waals surface area contributed by atoms with Crippen molar-refractivity contribution in [2.75, 3.05) is 12.4 Å². The minimum absolute atomic E-state index is 0.298. The zero-order valence-electron chi connectivity index (χ0n) is 12.1. The van der Waals surface area contributed by atoms with Crippen LogP contribution in [-0.4, -0.2) is 30.1 Å². The number of imide groups is 1. The fourth-order valence-corrected chi connectivity index (χ4v) is 1.51. The fraction of sp³-hybridized carbons (Fsp3) is 0.357. The third kappa shape index (κ3) is 5.13. The highest BCUT2D eigenvalue weighted by Crippen LogP contribution is 2.20. The molecule has 0 spiro atoms. The summed E-state index contributed by atoms with van der Waals surface area (Å²) in [5.41, 5.74) is -0.780. The van der Waals surface area contributed by atoms with Gasteiger partial charge in [0.1, 0.15) is 5.75 Å². The van der Waals surface area contributed by atoms with Crippen LogP contribution in [0.2, 0.25) is 0 Å². The van der Waals surface area contributed by atoms with E-state index < -0.39 is 23.3 Å². The van der Waals surface area contributed by atoms with Crippen molar-refractivity contribution in [1.82, 2.24) is 5.32 Å². The predicted molar refractivity (Wildman–Crippen MR) is 76.2 cm³/mol. The van der Waals surface area contributed by atoms with Gasteiger partial charge in [-0.1, -0.05) is 6.07 Å². The van der Waals surface area contributed by atoms with Crippen LogP contribution in [0.1, 0.15) is 20.3 Å². The van der Waals surface area contributed by atoms with E-state index in [4.69, 9.17) is 9.84 Å². The summed E-state index contributed by atoms with van der Waals surface area (Å²) in [7, 11) is 1.50. The molecular weight excluding hydrogens is 276 g/mol. The summed E-state index contributed by atoms with van der Waals surface area (Å²) in [6.45, 7) is 2.82. The summed E-state index contributed by atoms with van der Waals surface area (Å²) in [5, 5.41) is 13.5. The number of carbonyl (C=O) groups is 3. The van der Waals surface area contributed by atoms with Crippen LogP contribution in [0, 0.1) is 5.41 Å². The molecule has 0 saturated carbocycles. The van der Waals surface area contributed by atoms with Crippen molar-refractivity contribution in [3.63, 3.8) is 0 Å². The van der Waals surface area contributed by atoms with Crippen LogP contribution < -0.4 is 15.4 Å². The number of urea groups is 1. The second kappa shape index (κ2) is 6.74. The van der Waals surface area contributed by atoms with Crippen LogP contribution in [0.3, 0.4) is 0 Å². The van der Waals surface area contributed by atoms with E-state index in [1.807, 2.05) is 0 Å². The molecule has 1 aromatic carbocycles. The van der Waals surface area contributed by atoms with Gasteiger partial charge in [0.05, 0.1) is 12.5 Å². The highest BCUT2D eigenvalue weighted by Gasteiger charge is 2.30. The summed E-state index contributed by atoms with van der Waals surface area (Å²) >= 11 is 0. The molecule has 0 aliphatic rings. The van der Waals surface area contributed by atoms with E-state index >= 15 is 0 Å². The number of hydrogen-bond acceptors (Lipinski definition) is 4. The number of carboxylic acids is 1. The van der Waals surface area contributed by atoms with E-state index in [0.29, 0.717) is 11.4 Å². The van der Waals surface area contributed by atoms with Crippen molar-refractivity contribution in [1.29, 1.82) is 0 Å². The number of hydrogen-bond donors (Lipinski definition) is 3. The lowest BCUT2D eigenvalue weighted by Crippen LogP contribution is -2.38. The number of benzene rings is 1. The molecule has 0 bridgehead atoms. The Bertz CT molecular complexity index is 554. The lowest BCUT2D eigenvalue weighted by atomic mass is 9.89. The van der Waals surface area contributed by atoms with Gasteiger partial charge in [-0.3, -0.25) is 14.9 Å². The Morgan fingerprint density at radius 1 is 1.29 bits per heavy atom. The third-order valence-electron chi connectivity index (χ3n) is 2.76. The number of rotatable bonds is 5. The summed E-state index contributed by atoms with van der Waals surface area (Å²) < 4.78 is 5.01. The van der Waals surface area contributed by atoms with Gasteiger partial charge in [0.15, 0.2) is 0 Å². The molecule has 0 radical (unpaired) electrons. The lowest BCUT2D eigenvalue weighted by Gasteiger charge is -2.17. The number of aliphatic carboxylic acids is 1. The number of amides is 3. The van der Waals surface area contributed by atoms with Crippen molar-refractivity contribution in [2.45, 2.75) is 20.3 Å². The summed E-state index contributed by atoms with van der Waals surface area (Å²) in [6.07, 6.45) is -0.298. The van der Waals surface area contributed by atoms with Crippen LogP contribution in [0.15, 0.2) is 24.3 Å². The first-order valence-electron chi connectivity index (χ1n) is 6.23. The Morgan fingerprint density at radius 2 is 1.95 bits per heavy atom. The van der Waals surface area contributed by atoms with E-state index in [1.165, 1.54) is 21.0 Å². The Hall–Kier alpha value is -2.57. The predicted octanol–water partition coefficient (Wildman–Crippen LogP) is 1.84. The van der Waals surface area contributed by atoms with E-state index in [-0.39, 0.29) is 6.42 Å². The Labute approximate surface area is 122 Å². The molecule has 3 N–H and O–H groups in total. The number of carboxylic acid groups (broad SMARTS) is 1. The average molecular weight is 294 g/mol. The molecule has 0 saturated heterocycles. The maximum atomic E-state index is 11.6. The minimum Gasteiger partial charge on any atom is -0.497 e.